The van der Waals surface area contributed by atoms with Crippen LogP contribution in [0, 0.1) is 6.92 Å². The Bertz CT molecular complexity index is 1060. The van der Waals surface area contributed by atoms with Crippen LogP contribution in [0.15, 0.2) is 30.3 Å². The van der Waals surface area contributed by atoms with Crippen LogP contribution in [0.4, 0.5) is 16.2 Å². The van der Waals surface area contributed by atoms with E-state index in [1.165, 1.54) is 35.5 Å². The van der Waals surface area contributed by atoms with Crippen molar-refractivity contribution in [3.05, 3.63) is 40.9 Å². The van der Waals surface area contributed by atoms with Crippen molar-refractivity contribution in [2.24, 2.45) is 0 Å². The number of hydrogen-bond acceptors (Lipinski definition) is 4. The molecule has 0 spiro atoms. The standard InChI is InChI=1S/C22H26N4O3S/c1-3-25(22(28)29)16-11-9-15(10-12-16)23-20(27)19-13-18-14(2)24-26(21(18)30-19)17-7-5-4-6-8-17/h9-13,17H,3-8H2,1-2H3,(H,23,27)(H,28,29). The number of aromatic nitrogens is 2. The predicted octanol–water partition coefficient (Wildman–Crippen LogP) is 5.67. The third kappa shape index (κ3) is 3.92. The number of nitrogens with one attached hydrogen (secondary N) is 1. The molecule has 2 N–H and O–H groups in total. The van der Waals surface area contributed by atoms with Gasteiger partial charge in [0, 0.05) is 23.3 Å². The van der Waals surface area contributed by atoms with Crippen LogP contribution in [0.2, 0.25) is 0 Å². The smallest absolute Gasteiger partial charge is 0.411 e. The molecule has 2 heterocycles. The van der Waals surface area contributed by atoms with Gasteiger partial charge in [-0.3, -0.25) is 14.4 Å². The van der Waals surface area contributed by atoms with Gasteiger partial charge in [-0.15, -0.1) is 11.3 Å². The summed E-state index contributed by atoms with van der Waals surface area (Å²) in [5, 5.41) is 17.9. The Labute approximate surface area is 179 Å². The molecule has 0 unspecified atom stereocenters. The van der Waals surface area contributed by atoms with E-state index in [0.717, 1.165) is 28.8 Å². The summed E-state index contributed by atoms with van der Waals surface area (Å²) in [5.41, 5.74) is 2.17. The van der Waals surface area contributed by atoms with Crippen molar-refractivity contribution in [2.45, 2.75) is 52.0 Å². The van der Waals surface area contributed by atoms with Crippen LogP contribution in [0.25, 0.3) is 10.2 Å². The van der Waals surface area contributed by atoms with E-state index in [1.54, 1.807) is 31.2 Å². The minimum absolute atomic E-state index is 0.163. The SMILES string of the molecule is CCN(C(=O)O)c1ccc(NC(=O)c2cc3c(C)nn(C4CCCCC4)c3s2)cc1. The summed E-state index contributed by atoms with van der Waals surface area (Å²) in [5.74, 6) is -0.163. The molecule has 0 atom stereocenters. The molecular formula is C22H26N4O3S. The van der Waals surface area contributed by atoms with Gasteiger partial charge in [0.15, 0.2) is 0 Å². The zero-order chi connectivity index (χ0) is 21.3. The number of thiophene rings is 1. The Morgan fingerprint density at radius 2 is 1.93 bits per heavy atom. The highest BCUT2D eigenvalue weighted by Crippen LogP contribution is 2.35. The molecule has 1 aromatic carbocycles. The van der Waals surface area contributed by atoms with E-state index in [9.17, 15) is 14.7 Å². The van der Waals surface area contributed by atoms with Crippen LogP contribution < -0.4 is 10.2 Å². The highest BCUT2D eigenvalue weighted by molar-refractivity contribution is 7.20. The van der Waals surface area contributed by atoms with Crippen molar-refractivity contribution < 1.29 is 14.7 Å². The van der Waals surface area contributed by atoms with Crippen LogP contribution >= 0.6 is 11.3 Å². The Morgan fingerprint density at radius 1 is 1.23 bits per heavy atom. The Kier molecular flexibility index (Phi) is 5.76. The summed E-state index contributed by atoms with van der Waals surface area (Å²) >= 11 is 1.48. The number of carbonyl (C=O) groups is 2. The number of fused-ring (bicyclic) bond motifs is 1. The average molecular weight is 427 g/mol. The lowest BCUT2D eigenvalue weighted by atomic mass is 9.96. The number of benzene rings is 1. The Hall–Kier alpha value is -2.87. The second-order valence-electron chi connectivity index (χ2n) is 7.68. The van der Waals surface area contributed by atoms with Crippen LogP contribution in [-0.4, -0.2) is 33.4 Å². The second kappa shape index (κ2) is 8.47. The van der Waals surface area contributed by atoms with Crippen LogP contribution in [0.5, 0.6) is 0 Å². The van der Waals surface area contributed by atoms with Gasteiger partial charge < -0.3 is 10.4 Å². The average Bonchev–Trinajstić information content (AvgIpc) is 3.31. The minimum Gasteiger partial charge on any atom is -0.465 e. The largest absolute Gasteiger partial charge is 0.465 e. The number of carboxylic acid groups (broad SMARTS) is 1. The molecule has 2 aromatic heterocycles. The summed E-state index contributed by atoms with van der Waals surface area (Å²) in [6.07, 6.45) is 5.05. The summed E-state index contributed by atoms with van der Waals surface area (Å²) in [6, 6.07) is 9.19. The lowest BCUT2D eigenvalue weighted by molar-refractivity contribution is 0.103. The highest BCUT2D eigenvalue weighted by Gasteiger charge is 2.22. The van der Waals surface area contributed by atoms with Crippen molar-refractivity contribution in [3.8, 4) is 0 Å². The van der Waals surface area contributed by atoms with Crippen LogP contribution in [0.3, 0.4) is 0 Å². The third-order valence-corrected chi connectivity index (χ3v) is 6.82. The third-order valence-electron chi connectivity index (χ3n) is 5.70. The van der Waals surface area contributed by atoms with Gasteiger partial charge >= 0.3 is 6.09 Å². The molecule has 30 heavy (non-hydrogen) atoms. The van der Waals surface area contributed by atoms with E-state index >= 15 is 0 Å². The molecule has 158 valence electrons. The van der Waals surface area contributed by atoms with Gasteiger partial charge in [-0.25, -0.2) is 4.79 Å². The number of hydrogen-bond donors (Lipinski definition) is 2. The number of carbonyl (C=O) groups excluding carboxylic acids is 1. The molecule has 0 radical (unpaired) electrons. The normalized spacial score (nSPS) is 14.7. The van der Waals surface area contributed by atoms with E-state index in [1.807, 2.05) is 13.0 Å². The van der Waals surface area contributed by atoms with Crippen molar-refractivity contribution >= 4 is 44.9 Å². The lowest BCUT2D eigenvalue weighted by Crippen LogP contribution is -2.28. The maximum atomic E-state index is 12.8. The highest BCUT2D eigenvalue weighted by atomic mass is 32.1. The topological polar surface area (TPSA) is 87.5 Å². The first kappa shape index (κ1) is 20.4. The molecule has 2 amide bonds. The maximum Gasteiger partial charge on any atom is 0.411 e. The molecule has 4 rings (SSSR count). The fraction of sp³-hybridized carbons (Fsp3) is 0.409. The number of nitrogens with zero attached hydrogens (tertiary/aromatic N) is 3. The Morgan fingerprint density at radius 3 is 2.57 bits per heavy atom. The minimum atomic E-state index is -0.998. The quantitative estimate of drug-likeness (QED) is 0.550. The lowest BCUT2D eigenvalue weighted by Gasteiger charge is -2.22. The second-order valence-corrected chi connectivity index (χ2v) is 8.71. The molecular weight excluding hydrogens is 400 g/mol. The number of rotatable bonds is 5. The van der Waals surface area contributed by atoms with Gasteiger partial charge in [0.25, 0.3) is 5.91 Å². The van der Waals surface area contributed by atoms with Gasteiger partial charge in [0.05, 0.1) is 16.6 Å². The van der Waals surface area contributed by atoms with E-state index in [4.69, 9.17) is 5.10 Å². The zero-order valence-electron chi connectivity index (χ0n) is 17.2. The predicted molar refractivity (Wildman–Crippen MR) is 120 cm³/mol. The van der Waals surface area contributed by atoms with Gasteiger partial charge in [-0.1, -0.05) is 19.3 Å². The van der Waals surface area contributed by atoms with Crippen LogP contribution in [-0.2, 0) is 0 Å². The van der Waals surface area contributed by atoms with E-state index in [-0.39, 0.29) is 5.91 Å². The summed E-state index contributed by atoms with van der Waals surface area (Å²) in [7, 11) is 0. The van der Waals surface area contributed by atoms with E-state index < -0.39 is 6.09 Å². The molecule has 0 saturated heterocycles. The molecule has 7 nitrogen and oxygen atoms in total. The number of amides is 2. The molecule has 1 aliphatic rings. The summed E-state index contributed by atoms with van der Waals surface area (Å²) in [6.45, 7) is 4.14. The Balaban J connectivity index is 1.53. The fourth-order valence-electron chi connectivity index (χ4n) is 4.10. The molecule has 8 heteroatoms. The zero-order valence-corrected chi connectivity index (χ0v) is 18.0. The summed E-state index contributed by atoms with van der Waals surface area (Å²) < 4.78 is 2.13. The molecule has 0 bridgehead atoms. The van der Waals surface area contributed by atoms with Crippen molar-refractivity contribution in [2.75, 3.05) is 16.8 Å². The first-order valence-electron chi connectivity index (χ1n) is 10.4. The molecule has 3 aromatic rings. The van der Waals surface area contributed by atoms with Gasteiger partial charge in [-0.05, 0) is 57.0 Å². The first-order valence-corrected chi connectivity index (χ1v) is 11.2. The van der Waals surface area contributed by atoms with Crippen molar-refractivity contribution in [3.63, 3.8) is 0 Å². The van der Waals surface area contributed by atoms with E-state index in [2.05, 4.69) is 10.00 Å². The van der Waals surface area contributed by atoms with Crippen molar-refractivity contribution in [1.82, 2.24) is 9.78 Å². The van der Waals surface area contributed by atoms with Gasteiger partial charge in [0.1, 0.15) is 4.83 Å². The summed E-state index contributed by atoms with van der Waals surface area (Å²) in [4.78, 5) is 27.1. The van der Waals surface area contributed by atoms with Gasteiger partial charge in [0.2, 0.25) is 0 Å². The monoisotopic (exact) mass is 426 g/mol. The molecule has 1 fully saturated rings. The van der Waals surface area contributed by atoms with E-state index in [0.29, 0.717) is 28.8 Å². The number of aryl methyl sites for hydroxylation is 1. The molecule has 1 saturated carbocycles. The van der Waals surface area contributed by atoms with Crippen molar-refractivity contribution in [1.29, 1.82) is 0 Å². The van der Waals surface area contributed by atoms with Gasteiger partial charge in [-0.2, -0.15) is 5.10 Å². The number of anilines is 2. The molecule has 1 aliphatic carbocycles. The maximum absolute atomic E-state index is 12.8. The van der Waals surface area contributed by atoms with Crippen LogP contribution in [0.1, 0.15) is 60.4 Å². The fourth-order valence-corrected chi connectivity index (χ4v) is 5.23. The molecule has 0 aliphatic heterocycles. The first-order chi connectivity index (χ1) is 14.5.